The second-order valence-corrected chi connectivity index (χ2v) is 15.5. The van der Waals surface area contributed by atoms with Crippen LogP contribution in [0.1, 0.15) is 85.0 Å². The van der Waals surface area contributed by atoms with Gasteiger partial charge in [0.15, 0.2) is 0 Å². The third-order valence-corrected chi connectivity index (χ3v) is 12.7. The molecule has 304 valence electrons. The molecule has 0 fully saturated rings. The molecular weight excluding hydrogens is 773 g/mol. The zero-order chi connectivity index (χ0) is 42.0. The fourth-order valence-electron chi connectivity index (χ4n) is 9.73. The smallest absolute Gasteiger partial charge is 0.508 e. The molecule has 10 rings (SSSR count). The summed E-state index contributed by atoms with van der Waals surface area (Å²) in [7, 11) is 0. The highest BCUT2D eigenvalue weighted by Crippen LogP contribution is 2.46. The molecule has 0 saturated carbocycles. The number of phenols is 2. The van der Waals surface area contributed by atoms with Crippen LogP contribution in [0, 0.1) is 0 Å². The molecule has 0 aliphatic carbocycles. The van der Waals surface area contributed by atoms with Gasteiger partial charge in [-0.05, 0) is 85.3 Å². The van der Waals surface area contributed by atoms with Crippen LogP contribution in [0.5, 0.6) is 11.5 Å². The molecule has 4 aliphatic heterocycles. The molecule has 4 aromatic heterocycles. The first-order valence-electron chi connectivity index (χ1n) is 20.0. The minimum absolute atomic E-state index is 0.0878. The highest BCUT2D eigenvalue weighted by molar-refractivity contribution is 5.92. The molecule has 0 amide bonds. The Labute approximate surface area is 340 Å². The van der Waals surface area contributed by atoms with Gasteiger partial charge in [-0.15, -0.1) is 0 Å². The van der Waals surface area contributed by atoms with Crippen molar-refractivity contribution in [2.45, 2.75) is 90.9 Å². The number of aryl methyl sites for hydroxylation is 2. The van der Waals surface area contributed by atoms with E-state index in [9.17, 15) is 34.2 Å². The van der Waals surface area contributed by atoms with Gasteiger partial charge in [-0.1, -0.05) is 27.7 Å². The normalized spacial score (nSPS) is 19.5. The first kappa shape index (κ1) is 37.3. The van der Waals surface area contributed by atoms with Gasteiger partial charge in [0.05, 0.1) is 58.0 Å². The number of benzene rings is 2. The van der Waals surface area contributed by atoms with Crippen LogP contribution in [0.3, 0.4) is 0 Å². The van der Waals surface area contributed by atoms with Crippen molar-refractivity contribution in [1.29, 1.82) is 0 Å². The highest BCUT2D eigenvalue weighted by atomic mass is 16.8. The molecule has 15 heteroatoms. The minimum atomic E-state index is -2.17. The molecule has 0 spiro atoms. The summed E-state index contributed by atoms with van der Waals surface area (Å²) >= 11 is 0. The molecule has 8 heterocycles. The standard InChI is InChI=1S/C45H38N4O11/c1-5-23-25-13-21(50)9-11-33(25)46-37-27(23)17-48-35(37)15-31-29(39(48)52)19-57-41(54)44(31,7-3)59-43(56)60-45(8-4)32-16-36-38-28(18-49(36)40(53)30(32)20-58-42(45)55)24(6-2)26-14-22(51)10-12-34(26)47-38/h9-16,50-51H,5-8,17-20H2,1-4H3. The van der Waals surface area contributed by atoms with Crippen LogP contribution in [-0.4, -0.2) is 47.4 Å². The Hall–Kier alpha value is -7.03. The number of hydrogen-bond acceptors (Lipinski definition) is 13. The van der Waals surface area contributed by atoms with E-state index >= 15 is 0 Å². The van der Waals surface area contributed by atoms with Gasteiger partial charge in [0.2, 0.25) is 11.2 Å². The van der Waals surface area contributed by atoms with Crippen LogP contribution in [0.15, 0.2) is 58.1 Å². The lowest BCUT2D eigenvalue weighted by Gasteiger charge is -2.38. The van der Waals surface area contributed by atoms with Gasteiger partial charge < -0.3 is 38.3 Å². The second kappa shape index (κ2) is 13.0. The summed E-state index contributed by atoms with van der Waals surface area (Å²) in [5.41, 5.74) is 1.70. The van der Waals surface area contributed by atoms with E-state index in [2.05, 4.69) is 0 Å². The van der Waals surface area contributed by atoms with Crippen molar-refractivity contribution in [1.82, 2.24) is 19.1 Å². The van der Waals surface area contributed by atoms with Crippen molar-refractivity contribution >= 4 is 39.9 Å². The van der Waals surface area contributed by atoms with Gasteiger partial charge in [0, 0.05) is 33.0 Å². The third kappa shape index (κ3) is 4.91. The van der Waals surface area contributed by atoms with E-state index in [0.717, 1.165) is 33.0 Å². The number of carbonyl (C=O) groups excluding carboxylic acids is 3. The van der Waals surface area contributed by atoms with Gasteiger partial charge in [-0.2, -0.15) is 0 Å². The molecule has 2 aromatic carbocycles. The fraction of sp³-hybridized carbons (Fsp3) is 0.311. The Kier molecular flexibility index (Phi) is 8.06. The van der Waals surface area contributed by atoms with Gasteiger partial charge in [0.1, 0.15) is 24.7 Å². The molecule has 15 nitrogen and oxygen atoms in total. The molecule has 2 unspecified atom stereocenters. The molecule has 6 aromatic rings. The second-order valence-electron chi connectivity index (χ2n) is 15.5. The number of carbonyl (C=O) groups is 3. The minimum Gasteiger partial charge on any atom is -0.508 e. The van der Waals surface area contributed by atoms with Gasteiger partial charge in [-0.25, -0.2) is 24.4 Å². The molecule has 0 radical (unpaired) electrons. The number of pyridine rings is 4. The van der Waals surface area contributed by atoms with Crippen molar-refractivity contribution in [3.8, 4) is 34.3 Å². The van der Waals surface area contributed by atoms with E-state index in [1.54, 1.807) is 59.4 Å². The molecule has 0 bridgehead atoms. The lowest BCUT2D eigenvalue weighted by Crippen LogP contribution is -2.51. The van der Waals surface area contributed by atoms with Crippen molar-refractivity contribution in [3.05, 3.63) is 114 Å². The zero-order valence-corrected chi connectivity index (χ0v) is 33.1. The molecule has 60 heavy (non-hydrogen) atoms. The number of hydrogen-bond donors (Lipinski definition) is 2. The van der Waals surface area contributed by atoms with Gasteiger partial charge in [0.25, 0.3) is 11.1 Å². The summed E-state index contributed by atoms with van der Waals surface area (Å²) in [6, 6.07) is 13.0. The lowest BCUT2D eigenvalue weighted by molar-refractivity contribution is -0.187. The highest BCUT2D eigenvalue weighted by Gasteiger charge is 2.55. The molecule has 4 aliphatic rings. The summed E-state index contributed by atoms with van der Waals surface area (Å²) in [6.07, 6.45) is -0.583. The van der Waals surface area contributed by atoms with E-state index in [4.69, 9.17) is 28.9 Å². The van der Waals surface area contributed by atoms with Gasteiger partial charge in [-0.3, -0.25) is 9.59 Å². The van der Waals surface area contributed by atoms with E-state index in [-0.39, 0.29) is 72.9 Å². The number of fused-ring (bicyclic) bond motifs is 10. The summed E-state index contributed by atoms with van der Waals surface area (Å²) in [5.74, 6) is -1.69. The van der Waals surface area contributed by atoms with Crippen molar-refractivity contribution < 1.29 is 43.5 Å². The summed E-state index contributed by atoms with van der Waals surface area (Å²) in [4.78, 5) is 80.4. The number of nitrogens with zero attached hydrogens (tertiary/aromatic N) is 4. The number of ether oxygens (including phenoxy) is 4. The third-order valence-electron chi connectivity index (χ3n) is 12.7. The Bertz CT molecular complexity index is 2890. The van der Waals surface area contributed by atoms with E-state index in [1.165, 1.54) is 12.1 Å². The predicted octanol–water partition coefficient (Wildman–Crippen LogP) is 5.88. The van der Waals surface area contributed by atoms with Crippen LogP contribution >= 0.6 is 0 Å². The topological polar surface area (TPSA) is 198 Å². The van der Waals surface area contributed by atoms with Crippen molar-refractivity contribution in [2.75, 3.05) is 0 Å². The number of phenolic OH excluding ortho intramolecular Hbond substituents is 2. The summed E-state index contributed by atoms with van der Waals surface area (Å²) in [6.45, 7) is 6.80. The van der Waals surface area contributed by atoms with E-state index < -0.39 is 40.4 Å². The largest absolute Gasteiger partial charge is 0.511 e. The Morgan fingerprint density at radius 3 is 1.45 bits per heavy atom. The van der Waals surface area contributed by atoms with Crippen LogP contribution in [0.4, 0.5) is 4.79 Å². The SMILES string of the molecule is CCc1c2c(nc3ccc(O)cc13)-c1cc3c(c(=O)n1C2)COC(=O)C3(CC)OC(=O)OC1(CC)C(=O)OCc2c1cc1n(c2=O)Cc2c-1nc1ccc(O)cc1c2CC. The van der Waals surface area contributed by atoms with Crippen molar-refractivity contribution in [3.63, 3.8) is 0 Å². The van der Waals surface area contributed by atoms with E-state index in [1.807, 2.05) is 13.8 Å². The maximum Gasteiger partial charge on any atom is 0.511 e. The van der Waals surface area contributed by atoms with Crippen LogP contribution in [0.25, 0.3) is 44.6 Å². The average Bonchev–Trinajstić information content (AvgIpc) is 3.80. The predicted molar refractivity (Wildman–Crippen MR) is 214 cm³/mol. The number of aromatic nitrogens is 4. The first-order valence-corrected chi connectivity index (χ1v) is 20.0. The average molecular weight is 811 g/mol. The molecule has 2 N–H and O–H groups in total. The molecule has 0 saturated heterocycles. The summed E-state index contributed by atoms with van der Waals surface area (Å²) in [5, 5.41) is 22.0. The fourth-order valence-corrected chi connectivity index (χ4v) is 9.73. The monoisotopic (exact) mass is 810 g/mol. The number of esters is 2. The van der Waals surface area contributed by atoms with E-state index in [0.29, 0.717) is 46.7 Å². The van der Waals surface area contributed by atoms with Crippen LogP contribution in [0.2, 0.25) is 0 Å². The van der Waals surface area contributed by atoms with Crippen LogP contribution in [-0.2, 0) is 78.9 Å². The zero-order valence-electron chi connectivity index (χ0n) is 33.1. The first-order chi connectivity index (χ1) is 28.9. The Morgan fingerprint density at radius 1 is 0.650 bits per heavy atom. The molecule has 2 atom stereocenters. The Balaban J connectivity index is 1.07. The Morgan fingerprint density at radius 2 is 1.07 bits per heavy atom. The van der Waals surface area contributed by atoms with Crippen molar-refractivity contribution in [2.24, 2.45) is 0 Å². The number of cyclic esters (lactones) is 2. The quantitative estimate of drug-likeness (QED) is 0.149. The number of aromatic hydroxyl groups is 2. The lowest BCUT2D eigenvalue weighted by atomic mass is 9.85. The molecular formula is C45H38N4O11. The number of rotatable bonds is 6. The van der Waals surface area contributed by atoms with Crippen LogP contribution < -0.4 is 11.1 Å². The summed E-state index contributed by atoms with van der Waals surface area (Å²) < 4.78 is 26.2. The maximum absolute atomic E-state index is 14.3. The van der Waals surface area contributed by atoms with Gasteiger partial charge >= 0.3 is 18.1 Å². The maximum atomic E-state index is 14.3.